The summed E-state index contributed by atoms with van der Waals surface area (Å²) in [5.74, 6) is 0.358. The number of anilines is 1. The van der Waals surface area contributed by atoms with Crippen LogP contribution in [0.3, 0.4) is 0 Å². The molecule has 0 atom stereocenters. The molecule has 5 nitrogen and oxygen atoms in total. The minimum Gasteiger partial charge on any atom is -0.489 e. The number of benzene rings is 1. The first-order valence-electron chi connectivity index (χ1n) is 6.42. The van der Waals surface area contributed by atoms with Crippen LogP contribution in [0, 0.1) is 6.92 Å². The minimum absolute atomic E-state index is 0.0364. The van der Waals surface area contributed by atoms with Gasteiger partial charge in [-0.1, -0.05) is 12.1 Å². The van der Waals surface area contributed by atoms with Crippen molar-refractivity contribution in [2.75, 3.05) is 5.32 Å². The van der Waals surface area contributed by atoms with E-state index >= 15 is 0 Å². The number of hydrogen-bond acceptors (Lipinski definition) is 4. The van der Waals surface area contributed by atoms with E-state index in [4.69, 9.17) is 4.74 Å². The van der Waals surface area contributed by atoms with Crippen molar-refractivity contribution in [1.29, 1.82) is 0 Å². The highest BCUT2D eigenvalue weighted by atomic mass is 16.5. The SMILES string of the molecule is Cc1cc(C(=O)Nc2ccccc2OC(C)C)ncn1. The van der Waals surface area contributed by atoms with Crippen molar-refractivity contribution < 1.29 is 9.53 Å². The predicted molar refractivity (Wildman–Crippen MR) is 76.9 cm³/mol. The van der Waals surface area contributed by atoms with Crippen LogP contribution >= 0.6 is 0 Å². The van der Waals surface area contributed by atoms with Crippen molar-refractivity contribution >= 4 is 11.6 Å². The number of para-hydroxylation sites is 2. The van der Waals surface area contributed by atoms with Gasteiger partial charge in [0.15, 0.2) is 0 Å². The Morgan fingerprint density at radius 3 is 2.70 bits per heavy atom. The van der Waals surface area contributed by atoms with Crippen LogP contribution in [0.4, 0.5) is 5.69 Å². The van der Waals surface area contributed by atoms with Crippen molar-refractivity contribution in [2.24, 2.45) is 0 Å². The zero-order valence-corrected chi connectivity index (χ0v) is 11.8. The van der Waals surface area contributed by atoms with Crippen LogP contribution in [0.1, 0.15) is 30.0 Å². The van der Waals surface area contributed by atoms with Crippen molar-refractivity contribution in [2.45, 2.75) is 26.9 Å². The predicted octanol–water partition coefficient (Wildman–Crippen LogP) is 2.82. The molecular weight excluding hydrogens is 254 g/mol. The molecule has 0 aliphatic rings. The number of nitrogens with one attached hydrogen (secondary N) is 1. The second-order valence-electron chi connectivity index (χ2n) is 4.66. The average Bonchev–Trinajstić information content (AvgIpc) is 2.40. The summed E-state index contributed by atoms with van der Waals surface area (Å²) in [4.78, 5) is 20.1. The minimum atomic E-state index is -0.282. The molecule has 0 aliphatic carbocycles. The highest BCUT2D eigenvalue weighted by Gasteiger charge is 2.11. The molecule has 0 bridgehead atoms. The Kier molecular flexibility index (Phi) is 4.30. The monoisotopic (exact) mass is 271 g/mol. The molecule has 20 heavy (non-hydrogen) atoms. The van der Waals surface area contributed by atoms with Crippen LogP contribution in [0.15, 0.2) is 36.7 Å². The standard InChI is InChI=1S/C15H17N3O2/c1-10(2)20-14-7-5-4-6-12(14)18-15(19)13-8-11(3)16-9-17-13/h4-10H,1-3H3,(H,18,19). The maximum absolute atomic E-state index is 12.1. The third-order valence-electron chi connectivity index (χ3n) is 2.53. The molecule has 2 aromatic rings. The van der Waals surface area contributed by atoms with Gasteiger partial charge in [0.1, 0.15) is 17.8 Å². The van der Waals surface area contributed by atoms with Crippen LogP contribution in [-0.2, 0) is 0 Å². The maximum Gasteiger partial charge on any atom is 0.274 e. The zero-order valence-electron chi connectivity index (χ0n) is 11.8. The highest BCUT2D eigenvalue weighted by molar-refractivity contribution is 6.03. The summed E-state index contributed by atoms with van der Waals surface area (Å²) in [5, 5.41) is 2.81. The summed E-state index contributed by atoms with van der Waals surface area (Å²) >= 11 is 0. The van der Waals surface area contributed by atoms with Crippen molar-refractivity contribution in [3.63, 3.8) is 0 Å². The Morgan fingerprint density at radius 1 is 1.25 bits per heavy atom. The van der Waals surface area contributed by atoms with Crippen molar-refractivity contribution in [1.82, 2.24) is 9.97 Å². The summed E-state index contributed by atoms with van der Waals surface area (Å²) < 4.78 is 5.66. The van der Waals surface area contributed by atoms with E-state index in [2.05, 4.69) is 15.3 Å². The van der Waals surface area contributed by atoms with Crippen LogP contribution in [0.5, 0.6) is 5.75 Å². The topological polar surface area (TPSA) is 64.1 Å². The summed E-state index contributed by atoms with van der Waals surface area (Å²) in [6.07, 6.45) is 1.41. The van der Waals surface area contributed by atoms with E-state index < -0.39 is 0 Å². The van der Waals surface area contributed by atoms with Gasteiger partial charge < -0.3 is 10.1 Å². The molecule has 0 aliphatic heterocycles. The van der Waals surface area contributed by atoms with Crippen molar-refractivity contribution in [3.8, 4) is 5.75 Å². The first kappa shape index (κ1) is 14.0. The zero-order chi connectivity index (χ0) is 14.5. The number of aryl methyl sites for hydroxylation is 1. The third kappa shape index (κ3) is 3.54. The van der Waals surface area contributed by atoms with E-state index in [9.17, 15) is 4.79 Å². The molecule has 2 rings (SSSR count). The molecule has 0 spiro atoms. The quantitative estimate of drug-likeness (QED) is 0.928. The largest absolute Gasteiger partial charge is 0.489 e. The number of amides is 1. The molecule has 1 aromatic carbocycles. The van der Waals surface area contributed by atoms with E-state index in [0.29, 0.717) is 17.1 Å². The Labute approximate surface area is 118 Å². The van der Waals surface area contributed by atoms with E-state index in [-0.39, 0.29) is 12.0 Å². The second kappa shape index (κ2) is 6.14. The lowest BCUT2D eigenvalue weighted by Crippen LogP contribution is -2.16. The number of hydrogen-bond donors (Lipinski definition) is 1. The molecule has 0 saturated heterocycles. The Bertz CT molecular complexity index is 612. The maximum atomic E-state index is 12.1. The fraction of sp³-hybridized carbons (Fsp3) is 0.267. The third-order valence-corrected chi connectivity index (χ3v) is 2.53. The van der Waals surface area contributed by atoms with Gasteiger partial charge in [0.2, 0.25) is 0 Å². The molecule has 1 heterocycles. The number of nitrogens with zero attached hydrogens (tertiary/aromatic N) is 2. The number of ether oxygens (including phenoxy) is 1. The normalized spacial score (nSPS) is 10.4. The van der Waals surface area contributed by atoms with Crippen LogP contribution in [0.25, 0.3) is 0 Å². The van der Waals surface area contributed by atoms with E-state index in [0.717, 1.165) is 5.69 Å². The van der Waals surface area contributed by atoms with Gasteiger partial charge in [0, 0.05) is 5.69 Å². The Hall–Kier alpha value is -2.43. The van der Waals surface area contributed by atoms with E-state index in [1.807, 2.05) is 39.0 Å². The fourth-order valence-corrected chi connectivity index (χ4v) is 1.69. The number of carbonyl (C=O) groups is 1. The number of rotatable bonds is 4. The summed E-state index contributed by atoms with van der Waals surface area (Å²) in [6, 6.07) is 8.96. The van der Waals surface area contributed by atoms with Gasteiger partial charge in [0.25, 0.3) is 5.91 Å². The molecule has 0 unspecified atom stereocenters. The average molecular weight is 271 g/mol. The molecule has 1 amide bonds. The fourth-order valence-electron chi connectivity index (χ4n) is 1.69. The summed E-state index contributed by atoms with van der Waals surface area (Å²) in [6.45, 7) is 5.69. The smallest absolute Gasteiger partial charge is 0.274 e. The first-order chi connectivity index (χ1) is 9.56. The van der Waals surface area contributed by atoms with Crippen LogP contribution < -0.4 is 10.1 Å². The van der Waals surface area contributed by atoms with Crippen LogP contribution in [-0.4, -0.2) is 22.0 Å². The second-order valence-corrected chi connectivity index (χ2v) is 4.66. The molecule has 0 saturated carbocycles. The van der Waals surface area contributed by atoms with Gasteiger partial charge in [0.05, 0.1) is 11.8 Å². The Balaban J connectivity index is 2.19. The Morgan fingerprint density at radius 2 is 2.00 bits per heavy atom. The molecule has 1 aromatic heterocycles. The summed E-state index contributed by atoms with van der Waals surface area (Å²) in [5.41, 5.74) is 1.70. The van der Waals surface area contributed by atoms with Crippen LogP contribution in [0.2, 0.25) is 0 Å². The van der Waals surface area contributed by atoms with E-state index in [1.54, 1.807) is 12.1 Å². The summed E-state index contributed by atoms with van der Waals surface area (Å²) in [7, 11) is 0. The molecule has 0 radical (unpaired) electrons. The number of carbonyl (C=O) groups excluding carboxylic acids is 1. The lowest BCUT2D eigenvalue weighted by atomic mass is 10.2. The molecule has 1 N–H and O–H groups in total. The van der Waals surface area contributed by atoms with Gasteiger partial charge >= 0.3 is 0 Å². The van der Waals surface area contributed by atoms with Gasteiger partial charge in [-0.15, -0.1) is 0 Å². The molecular formula is C15H17N3O2. The molecule has 5 heteroatoms. The van der Waals surface area contributed by atoms with Gasteiger partial charge in [-0.05, 0) is 39.0 Å². The highest BCUT2D eigenvalue weighted by Crippen LogP contribution is 2.25. The van der Waals surface area contributed by atoms with Gasteiger partial charge in [-0.3, -0.25) is 4.79 Å². The van der Waals surface area contributed by atoms with Gasteiger partial charge in [-0.25, -0.2) is 9.97 Å². The first-order valence-corrected chi connectivity index (χ1v) is 6.42. The van der Waals surface area contributed by atoms with E-state index in [1.165, 1.54) is 6.33 Å². The number of aromatic nitrogens is 2. The lowest BCUT2D eigenvalue weighted by molar-refractivity contribution is 0.102. The van der Waals surface area contributed by atoms with Crippen molar-refractivity contribution in [3.05, 3.63) is 48.0 Å². The van der Waals surface area contributed by atoms with Gasteiger partial charge in [-0.2, -0.15) is 0 Å². The molecule has 0 fully saturated rings. The molecule has 104 valence electrons. The lowest BCUT2D eigenvalue weighted by Gasteiger charge is -2.14.